The highest BCUT2D eigenvalue weighted by Gasteiger charge is 2.08. The highest BCUT2D eigenvalue weighted by molar-refractivity contribution is 5.16. The van der Waals surface area contributed by atoms with Crippen LogP contribution < -0.4 is 5.73 Å². The van der Waals surface area contributed by atoms with Crippen molar-refractivity contribution in [3.63, 3.8) is 0 Å². The Hall–Kier alpha value is -0.830. The Bertz CT molecular complexity index is 207. The maximum Gasteiger partial charge on any atom is 0.128 e. The summed E-state index contributed by atoms with van der Waals surface area (Å²) in [5, 5.41) is 3.73. The van der Waals surface area contributed by atoms with Gasteiger partial charge in [0.05, 0.1) is 5.69 Å². The van der Waals surface area contributed by atoms with E-state index < -0.39 is 0 Å². The normalized spacial score (nSPS) is 13.5. The van der Waals surface area contributed by atoms with Gasteiger partial charge in [0, 0.05) is 11.6 Å². The molecule has 0 aliphatic heterocycles. The third kappa shape index (κ3) is 1.19. The molecule has 56 valence electrons. The summed E-state index contributed by atoms with van der Waals surface area (Å²) in [5.74, 6) is 0. The first-order valence-electron chi connectivity index (χ1n) is 3.42. The van der Waals surface area contributed by atoms with Crippen LogP contribution in [0, 0.1) is 6.92 Å². The smallest absolute Gasteiger partial charge is 0.128 e. The second-order valence-electron chi connectivity index (χ2n) is 2.37. The molecule has 3 heteroatoms. The van der Waals surface area contributed by atoms with Gasteiger partial charge in [0.1, 0.15) is 6.26 Å². The summed E-state index contributed by atoms with van der Waals surface area (Å²) in [5.41, 5.74) is 7.65. The standard InChI is InChI=1S/C7H12N2O/c1-3-7(8)6-4-10-9-5(6)2/h4,7H,3,8H2,1-2H3. The topological polar surface area (TPSA) is 52.0 Å². The van der Waals surface area contributed by atoms with Crippen LogP contribution in [0.2, 0.25) is 0 Å². The number of aromatic nitrogens is 1. The molecule has 10 heavy (non-hydrogen) atoms. The lowest BCUT2D eigenvalue weighted by atomic mass is 10.1. The van der Waals surface area contributed by atoms with E-state index in [0.717, 1.165) is 17.7 Å². The van der Waals surface area contributed by atoms with Crippen LogP contribution in [0.1, 0.15) is 30.6 Å². The minimum absolute atomic E-state index is 0.0752. The van der Waals surface area contributed by atoms with Crippen molar-refractivity contribution in [1.82, 2.24) is 5.16 Å². The Labute approximate surface area is 60.2 Å². The highest BCUT2D eigenvalue weighted by atomic mass is 16.5. The summed E-state index contributed by atoms with van der Waals surface area (Å²) in [6, 6.07) is 0.0752. The van der Waals surface area contributed by atoms with Crippen LogP contribution in [-0.2, 0) is 0 Å². The molecule has 0 aliphatic rings. The molecule has 3 nitrogen and oxygen atoms in total. The van der Waals surface area contributed by atoms with Gasteiger partial charge in [-0.15, -0.1) is 0 Å². The molecule has 1 heterocycles. The molecule has 0 fully saturated rings. The van der Waals surface area contributed by atoms with Gasteiger partial charge in [0.2, 0.25) is 0 Å². The predicted molar refractivity (Wildman–Crippen MR) is 38.5 cm³/mol. The van der Waals surface area contributed by atoms with E-state index in [1.54, 1.807) is 6.26 Å². The molecule has 0 spiro atoms. The second kappa shape index (κ2) is 2.84. The Morgan fingerprint density at radius 2 is 2.50 bits per heavy atom. The molecule has 0 aliphatic carbocycles. The van der Waals surface area contributed by atoms with Crippen LogP contribution in [0.15, 0.2) is 10.8 Å². The lowest BCUT2D eigenvalue weighted by molar-refractivity contribution is 0.413. The van der Waals surface area contributed by atoms with Gasteiger partial charge >= 0.3 is 0 Å². The van der Waals surface area contributed by atoms with Gasteiger partial charge in [-0.05, 0) is 13.3 Å². The molecule has 0 saturated heterocycles. The Kier molecular flexibility index (Phi) is 2.06. The Morgan fingerprint density at radius 3 is 2.90 bits per heavy atom. The van der Waals surface area contributed by atoms with Crippen molar-refractivity contribution in [3.05, 3.63) is 17.5 Å². The number of rotatable bonds is 2. The zero-order chi connectivity index (χ0) is 7.56. The monoisotopic (exact) mass is 140 g/mol. The third-order valence-corrected chi connectivity index (χ3v) is 1.63. The zero-order valence-electron chi connectivity index (χ0n) is 6.29. The maximum atomic E-state index is 5.74. The van der Waals surface area contributed by atoms with Crippen molar-refractivity contribution in [2.45, 2.75) is 26.3 Å². The molecule has 1 atom stereocenters. The quantitative estimate of drug-likeness (QED) is 0.675. The molecule has 1 unspecified atom stereocenters. The molecule has 1 aromatic rings. The van der Waals surface area contributed by atoms with Crippen molar-refractivity contribution < 1.29 is 4.52 Å². The van der Waals surface area contributed by atoms with Gasteiger partial charge in [0.15, 0.2) is 0 Å². The van der Waals surface area contributed by atoms with E-state index in [4.69, 9.17) is 10.3 Å². The Balaban J connectivity index is 2.82. The lowest BCUT2D eigenvalue weighted by Crippen LogP contribution is -2.08. The molecule has 0 amide bonds. The van der Waals surface area contributed by atoms with E-state index in [2.05, 4.69) is 5.16 Å². The molecule has 0 bridgehead atoms. The maximum absolute atomic E-state index is 5.74. The molecule has 0 radical (unpaired) electrons. The first-order valence-corrected chi connectivity index (χ1v) is 3.42. The van der Waals surface area contributed by atoms with Crippen LogP contribution in [-0.4, -0.2) is 5.16 Å². The van der Waals surface area contributed by atoms with Crippen molar-refractivity contribution in [3.8, 4) is 0 Å². The van der Waals surface area contributed by atoms with E-state index in [9.17, 15) is 0 Å². The SMILES string of the molecule is CCC(N)c1conc1C. The molecular formula is C7H12N2O. The van der Waals surface area contributed by atoms with Crippen molar-refractivity contribution in [1.29, 1.82) is 0 Å². The summed E-state index contributed by atoms with van der Waals surface area (Å²) < 4.78 is 4.74. The van der Waals surface area contributed by atoms with Gasteiger partial charge in [-0.25, -0.2) is 0 Å². The van der Waals surface area contributed by atoms with E-state index in [1.807, 2.05) is 13.8 Å². The lowest BCUT2D eigenvalue weighted by Gasteiger charge is -2.03. The Morgan fingerprint density at radius 1 is 1.80 bits per heavy atom. The van der Waals surface area contributed by atoms with Crippen LogP contribution in [0.3, 0.4) is 0 Å². The van der Waals surface area contributed by atoms with E-state index >= 15 is 0 Å². The summed E-state index contributed by atoms with van der Waals surface area (Å²) in [7, 11) is 0. The summed E-state index contributed by atoms with van der Waals surface area (Å²) in [6.07, 6.45) is 2.53. The third-order valence-electron chi connectivity index (χ3n) is 1.63. The molecule has 0 aromatic carbocycles. The van der Waals surface area contributed by atoms with Crippen LogP contribution in [0.25, 0.3) is 0 Å². The molecular weight excluding hydrogens is 128 g/mol. The van der Waals surface area contributed by atoms with Gasteiger partial charge in [-0.1, -0.05) is 12.1 Å². The average Bonchev–Trinajstić information content (AvgIpc) is 2.34. The fraction of sp³-hybridized carbons (Fsp3) is 0.571. The van der Waals surface area contributed by atoms with E-state index in [0.29, 0.717) is 0 Å². The summed E-state index contributed by atoms with van der Waals surface area (Å²) in [6.45, 7) is 3.94. The van der Waals surface area contributed by atoms with Crippen LogP contribution >= 0.6 is 0 Å². The van der Waals surface area contributed by atoms with E-state index in [-0.39, 0.29) is 6.04 Å². The predicted octanol–water partition coefficient (Wildman–Crippen LogP) is 1.39. The number of aryl methyl sites for hydroxylation is 1. The van der Waals surface area contributed by atoms with Crippen LogP contribution in [0.4, 0.5) is 0 Å². The fourth-order valence-electron chi connectivity index (χ4n) is 0.876. The minimum Gasteiger partial charge on any atom is -0.364 e. The number of nitrogens with two attached hydrogens (primary N) is 1. The molecule has 0 saturated carbocycles. The first kappa shape index (κ1) is 7.28. The second-order valence-corrected chi connectivity index (χ2v) is 2.37. The summed E-state index contributed by atoms with van der Waals surface area (Å²) >= 11 is 0. The number of nitrogens with zero attached hydrogens (tertiary/aromatic N) is 1. The largest absolute Gasteiger partial charge is 0.364 e. The highest BCUT2D eigenvalue weighted by Crippen LogP contribution is 2.15. The molecule has 2 N–H and O–H groups in total. The van der Waals surface area contributed by atoms with Gasteiger partial charge in [0.25, 0.3) is 0 Å². The van der Waals surface area contributed by atoms with Crippen LogP contribution in [0.5, 0.6) is 0 Å². The minimum atomic E-state index is 0.0752. The van der Waals surface area contributed by atoms with Gasteiger partial charge < -0.3 is 10.3 Å². The first-order chi connectivity index (χ1) is 4.75. The fourth-order valence-corrected chi connectivity index (χ4v) is 0.876. The van der Waals surface area contributed by atoms with Gasteiger partial charge in [-0.2, -0.15) is 0 Å². The zero-order valence-corrected chi connectivity index (χ0v) is 6.29. The average molecular weight is 140 g/mol. The van der Waals surface area contributed by atoms with Crippen molar-refractivity contribution in [2.75, 3.05) is 0 Å². The van der Waals surface area contributed by atoms with Gasteiger partial charge in [-0.3, -0.25) is 0 Å². The molecule has 1 aromatic heterocycles. The molecule has 1 rings (SSSR count). The summed E-state index contributed by atoms with van der Waals surface area (Å²) in [4.78, 5) is 0. The van der Waals surface area contributed by atoms with E-state index in [1.165, 1.54) is 0 Å². The van der Waals surface area contributed by atoms with Crippen molar-refractivity contribution in [2.24, 2.45) is 5.73 Å². The number of hydrogen-bond donors (Lipinski definition) is 1. The van der Waals surface area contributed by atoms with Crippen molar-refractivity contribution >= 4 is 0 Å². The number of hydrogen-bond acceptors (Lipinski definition) is 3.